The molecule has 0 unspecified atom stereocenters. The number of rotatable bonds is 8. The number of hydrogen-bond acceptors (Lipinski definition) is 4. The molecule has 40 heavy (non-hydrogen) atoms. The summed E-state index contributed by atoms with van der Waals surface area (Å²) >= 11 is 1.53. The molecule has 0 atom stereocenters. The normalized spacial score (nSPS) is 12.7. The fourth-order valence-corrected chi connectivity index (χ4v) is 5.25. The Morgan fingerprint density at radius 1 is 1.15 bits per heavy atom. The number of hydrogen-bond donors (Lipinski definition) is 2. The summed E-state index contributed by atoms with van der Waals surface area (Å²) in [4.78, 5) is 26.4. The number of aromatic nitrogens is 1. The van der Waals surface area contributed by atoms with Crippen LogP contribution in [0.2, 0.25) is 0 Å². The molecule has 0 spiro atoms. The van der Waals surface area contributed by atoms with Gasteiger partial charge in [-0.2, -0.15) is 0 Å². The molecule has 2 N–H and O–H groups in total. The molecular weight excluding hydrogens is 525 g/mol. The average molecular weight is 560 g/mol. The van der Waals surface area contributed by atoms with Gasteiger partial charge in [0.05, 0.1) is 11.1 Å². The van der Waals surface area contributed by atoms with Crippen LogP contribution in [0, 0.1) is 5.82 Å². The van der Waals surface area contributed by atoms with E-state index < -0.39 is 5.54 Å². The zero-order valence-corrected chi connectivity index (χ0v) is 24.5. The number of carbonyl (C=O) groups is 2. The van der Waals surface area contributed by atoms with Crippen LogP contribution in [0.5, 0.6) is 0 Å². The van der Waals surface area contributed by atoms with E-state index in [-0.39, 0.29) is 17.6 Å². The van der Waals surface area contributed by atoms with Crippen molar-refractivity contribution >= 4 is 51.2 Å². The molecule has 208 valence electrons. The van der Waals surface area contributed by atoms with Gasteiger partial charge in [0.2, 0.25) is 0 Å². The third-order valence-electron chi connectivity index (χ3n) is 6.44. The Bertz CT molecular complexity index is 1670. The number of furan rings is 1. The van der Waals surface area contributed by atoms with Gasteiger partial charge in [-0.25, -0.2) is 4.39 Å². The summed E-state index contributed by atoms with van der Waals surface area (Å²) in [6, 6.07) is 9.77. The van der Waals surface area contributed by atoms with Crippen molar-refractivity contribution in [1.29, 1.82) is 0 Å². The first kappa shape index (κ1) is 29.0. The molecule has 0 aliphatic rings. The van der Waals surface area contributed by atoms with Crippen LogP contribution in [0.15, 0.2) is 77.4 Å². The van der Waals surface area contributed by atoms with Crippen molar-refractivity contribution in [1.82, 2.24) is 14.6 Å². The van der Waals surface area contributed by atoms with E-state index in [0.29, 0.717) is 39.9 Å². The van der Waals surface area contributed by atoms with E-state index in [1.54, 1.807) is 31.3 Å². The lowest BCUT2D eigenvalue weighted by atomic mass is 9.94. The maximum atomic E-state index is 13.7. The molecule has 2 amide bonds. The Labute approximate surface area is 238 Å². The van der Waals surface area contributed by atoms with Crippen LogP contribution in [0.1, 0.15) is 50.0 Å². The molecule has 8 heteroatoms. The quantitative estimate of drug-likeness (QED) is 0.133. The van der Waals surface area contributed by atoms with E-state index in [1.165, 1.54) is 24.1 Å². The number of allylic oxidation sites excluding steroid dienone is 3. The average Bonchev–Trinajstić information content (AvgIpc) is 3.51. The number of nitrogens with zero attached hydrogens (tertiary/aromatic N) is 1. The maximum Gasteiger partial charge on any atom is 0.255 e. The summed E-state index contributed by atoms with van der Waals surface area (Å²) in [6.07, 6.45) is 9.86. The predicted octanol–water partition coefficient (Wildman–Crippen LogP) is 7.50. The monoisotopic (exact) mass is 559 g/mol. The van der Waals surface area contributed by atoms with Gasteiger partial charge in [0.15, 0.2) is 0 Å². The number of fused-ring (bicyclic) bond motifs is 3. The van der Waals surface area contributed by atoms with Gasteiger partial charge in [-0.1, -0.05) is 12.2 Å². The lowest BCUT2D eigenvalue weighted by Crippen LogP contribution is -2.41. The maximum absolute atomic E-state index is 13.7. The molecule has 0 saturated carbocycles. The van der Waals surface area contributed by atoms with E-state index in [9.17, 15) is 14.0 Å². The standard InChI is InChI=1S/C32H34FN3O3S/c1-8-10-21(17-19(9-2)30(37)35-32(3,4)5)24-18-25-26(31(38)34-6)28(20-11-13-22(33)14-12-20)39-29(25)23-15-16-36(40-7)27(23)24/h8-9,11-18H,1,10H2,2-7H3,(H,34,38)(H,35,37)/b19-9+,21-17+. The third-order valence-corrected chi connectivity index (χ3v) is 7.14. The second-order valence-corrected chi connectivity index (χ2v) is 11.1. The Balaban J connectivity index is 2.07. The Hall–Kier alpha value is -4.04. The second kappa shape index (κ2) is 11.6. The predicted molar refractivity (Wildman–Crippen MR) is 164 cm³/mol. The highest BCUT2D eigenvalue weighted by Gasteiger charge is 2.26. The minimum atomic E-state index is -0.395. The molecule has 6 nitrogen and oxygen atoms in total. The molecule has 0 aliphatic heterocycles. The molecular formula is C32H34FN3O3S. The topological polar surface area (TPSA) is 76.3 Å². The first-order valence-electron chi connectivity index (χ1n) is 13.0. The third kappa shape index (κ3) is 5.63. The largest absolute Gasteiger partial charge is 0.454 e. The first-order chi connectivity index (χ1) is 19.0. The zero-order chi connectivity index (χ0) is 29.2. The molecule has 2 heterocycles. The summed E-state index contributed by atoms with van der Waals surface area (Å²) in [5, 5.41) is 7.19. The lowest BCUT2D eigenvalue weighted by molar-refractivity contribution is -0.118. The lowest BCUT2D eigenvalue weighted by Gasteiger charge is -2.21. The van der Waals surface area contributed by atoms with Gasteiger partial charge in [-0.3, -0.25) is 13.6 Å². The van der Waals surface area contributed by atoms with Gasteiger partial charge < -0.3 is 15.1 Å². The minimum Gasteiger partial charge on any atom is -0.454 e. The number of benzene rings is 2. The van der Waals surface area contributed by atoms with Crippen LogP contribution in [0.25, 0.3) is 38.8 Å². The van der Waals surface area contributed by atoms with Crippen molar-refractivity contribution in [3.05, 3.63) is 89.9 Å². The molecule has 0 bridgehead atoms. The Morgan fingerprint density at radius 2 is 1.85 bits per heavy atom. The Kier molecular flexibility index (Phi) is 8.40. The molecule has 4 rings (SSSR count). The molecule has 2 aromatic carbocycles. The smallest absolute Gasteiger partial charge is 0.255 e. The van der Waals surface area contributed by atoms with Crippen molar-refractivity contribution in [2.75, 3.05) is 13.3 Å². The molecule has 0 saturated heterocycles. The number of carbonyl (C=O) groups excluding carboxylic acids is 2. The van der Waals surface area contributed by atoms with Crippen molar-refractivity contribution < 1.29 is 18.4 Å². The van der Waals surface area contributed by atoms with Crippen LogP contribution >= 0.6 is 11.9 Å². The molecule has 0 radical (unpaired) electrons. The van der Waals surface area contributed by atoms with E-state index >= 15 is 0 Å². The van der Waals surface area contributed by atoms with Gasteiger partial charge >= 0.3 is 0 Å². The first-order valence-corrected chi connectivity index (χ1v) is 14.1. The molecule has 4 aromatic rings. The summed E-state index contributed by atoms with van der Waals surface area (Å²) in [5.41, 5.74) is 4.23. The number of amides is 2. The SMILES string of the molecule is C=CC/C(=C\C(=C/C)C(=O)NC(C)(C)C)c1cc2c(C(=O)NC)c(-c3ccc(F)cc3)oc2c2ccn(SC)c12. The van der Waals surface area contributed by atoms with E-state index in [4.69, 9.17) is 4.42 Å². The van der Waals surface area contributed by atoms with Crippen molar-refractivity contribution in [3.63, 3.8) is 0 Å². The van der Waals surface area contributed by atoms with Crippen LogP contribution < -0.4 is 10.6 Å². The summed E-state index contributed by atoms with van der Waals surface area (Å²) in [5.74, 6) is -0.516. The van der Waals surface area contributed by atoms with Crippen molar-refractivity contribution in [2.45, 2.75) is 39.7 Å². The van der Waals surface area contributed by atoms with Crippen LogP contribution in [0.3, 0.4) is 0 Å². The molecule has 2 aromatic heterocycles. The number of nitrogens with one attached hydrogen (secondary N) is 2. The van der Waals surface area contributed by atoms with E-state index in [0.717, 1.165) is 22.0 Å². The summed E-state index contributed by atoms with van der Waals surface area (Å²) < 4.78 is 22.1. The van der Waals surface area contributed by atoms with Crippen molar-refractivity contribution in [3.8, 4) is 11.3 Å². The molecule has 0 fully saturated rings. The van der Waals surface area contributed by atoms with Gasteiger partial charge in [0.1, 0.15) is 17.2 Å². The Morgan fingerprint density at radius 3 is 2.42 bits per heavy atom. The van der Waals surface area contributed by atoms with Gasteiger partial charge in [-0.15, -0.1) is 6.58 Å². The zero-order valence-electron chi connectivity index (χ0n) is 23.6. The van der Waals surface area contributed by atoms with Gasteiger partial charge in [0.25, 0.3) is 11.8 Å². The summed E-state index contributed by atoms with van der Waals surface area (Å²) in [6.45, 7) is 11.6. The van der Waals surface area contributed by atoms with Crippen molar-refractivity contribution in [2.24, 2.45) is 0 Å². The number of halogens is 1. The highest BCUT2D eigenvalue weighted by atomic mass is 32.2. The van der Waals surface area contributed by atoms with E-state index in [1.807, 2.05) is 62.3 Å². The summed E-state index contributed by atoms with van der Waals surface area (Å²) in [7, 11) is 1.56. The van der Waals surface area contributed by atoms with Gasteiger partial charge in [0, 0.05) is 52.5 Å². The van der Waals surface area contributed by atoms with Gasteiger partial charge in [-0.05, 0) is 94.1 Å². The fourth-order valence-electron chi connectivity index (χ4n) is 4.69. The second-order valence-electron chi connectivity index (χ2n) is 10.4. The van der Waals surface area contributed by atoms with Crippen LogP contribution in [0.4, 0.5) is 4.39 Å². The molecule has 0 aliphatic carbocycles. The minimum absolute atomic E-state index is 0.179. The fraction of sp³-hybridized carbons (Fsp3) is 0.250. The van der Waals surface area contributed by atoms with E-state index in [2.05, 4.69) is 17.2 Å². The van der Waals surface area contributed by atoms with Crippen LogP contribution in [-0.2, 0) is 4.79 Å². The highest BCUT2D eigenvalue weighted by molar-refractivity contribution is 7.97. The highest BCUT2D eigenvalue weighted by Crippen LogP contribution is 2.42. The van der Waals surface area contributed by atoms with Crippen LogP contribution in [-0.4, -0.2) is 34.6 Å².